The number of rotatable bonds is 5. The number of hydrogen-bond acceptors (Lipinski definition) is 3. The first kappa shape index (κ1) is 16.2. The highest BCUT2D eigenvalue weighted by atomic mass is 31.3. The lowest BCUT2D eigenvalue weighted by molar-refractivity contribution is 0.300. The highest BCUT2D eigenvalue weighted by Crippen LogP contribution is 2.84. The lowest BCUT2D eigenvalue weighted by Crippen LogP contribution is -2.28. The fraction of sp³-hybridized carbons (Fsp3) is 0.500. The van der Waals surface area contributed by atoms with Crippen LogP contribution < -0.4 is 0 Å². The first-order valence-corrected chi connectivity index (χ1v) is 8.43. The Hall–Kier alpha value is 0.190. The van der Waals surface area contributed by atoms with Crippen molar-refractivity contribution in [3.63, 3.8) is 0 Å². The van der Waals surface area contributed by atoms with Gasteiger partial charge >= 0.3 is 22.8 Å². The zero-order valence-corrected chi connectivity index (χ0v) is 10.4. The van der Waals surface area contributed by atoms with E-state index in [1.807, 2.05) is 0 Å². The minimum Gasteiger partial charge on any atom is -0.323 e. The van der Waals surface area contributed by atoms with Crippen molar-refractivity contribution in [1.82, 2.24) is 0 Å². The fourth-order valence-corrected chi connectivity index (χ4v) is 6.23. The molecule has 0 fully saturated rings. The van der Waals surface area contributed by atoms with Gasteiger partial charge in [-0.15, -0.1) is 6.58 Å². The summed E-state index contributed by atoms with van der Waals surface area (Å²) in [6, 6.07) is 0. The Labute approximate surface area is 90.3 Å². The molecular weight excluding hydrogens is 285 g/mol. The molecular formula is C4H11O9P3. The summed E-state index contributed by atoms with van der Waals surface area (Å²) in [6.07, 6.45) is -0.594. The molecule has 0 heterocycles. The van der Waals surface area contributed by atoms with Crippen LogP contribution in [-0.2, 0) is 13.7 Å². The summed E-state index contributed by atoms with van der Waals surface area (Å²) >= 11 is 0. The van der Waals surface area contributed by atoms with E-state index in [2.05, 4.69) is 6.58 Å². The van der Waals surface area contributed by atoms with Gasteiger partial charge in [-0.1, -0.05) is 6.08 Å². The second-order valence-electron chi connectivity index (χ2n) is 2.90. The summed E-state index contributed by atoms with van der Waals surface area (Å²) in [5.41, 5.74) is 0. The number of allylic oxidation sites excluding steroid dienone is 1. The quantitative estimate of drug-likeness (QED) is 0.295. The van der Waals surface area contributed by atoms with Crippen molar-refractivity contribution >= 4 is 22.8 Å². The summed E-state index contributed by atoms with van der Waals surface area (Å²) in [5, 5.41) is 0. The SMILES string of the molecule is C=CCC(P(=O)(O)O)(P(=O)(O)O)P(=O)(O)O. The van der Waals surface area contributed by atoms with Crippen LogP contribution in [-0.4, -0.2) is 34.0 Å². The minimum atomic E-state index is -5.76. The molecule has 9 nitrogen and oxygen atoms in total. The largest absolute Gasteiger partial charge is 0.356 e. The van der Waals surface area contributed by atoms with E-state index in [-0.39, 0.29) is 0 Å². The summed E-state index contributed by atoms with van der Waals surface area (Å²) in [4.78, 5) is 52.9. The van der Waals surface area contributed by atoms with E-state index < -0.39 is 33.8 Å². The van der Waals surface area contributed by atoms with Crippen LogP contribution in [0.1, 0.15) is 6.42 Å². The third-order valence-corrected chi connectivity index (χ3v) is 9.85. The van der Waals surface area contributed by atoms with Gasteiger partial charge in [-0.2, -0.15) is 0 Å². The lowest BCUT2D eigenvalue weighted by Gasteiger charge is -2.33. The molecule has 0 aromatic carbocycles. The molecule has 0 spiro atoms. The summed E-state index contributed by atoms with van der Waals surface area (Å²) < 4.78 is 29.2. The van der Waals surface area contributed by atoms with Crippen LogP contribution in [0.25, 0.3) is 0 Å². The third-order valence-electron chi connectivity index (χ3n) is 1.82. The molecule has 0 aromatic rings. The van der Waals surface area contributed by atoms with Crippen LogP contribution in [0.3, 0.4) is 0 Å². The average Bonchev–Trinajstić information content (AvgIpc) is 1.91. The average molecular weight is 296 g/mol. The van der Waals surface area contributed by atoms with Gasteiger partial charge in [-0.25, -0.2) is 0 Å². The molecule has 0 unspecified atom stereocenters. The molecule has 0 rings (SSSR count). The Morgan fingerprint density at radius 1 is 0.875 bits per heavy atom. The van der Waals surface area contributed by atoms with Gasteiger partial charge in [0, 0.05) is 6.42 Å². The maximum atomic E-state index is 11.0. The first-order chi connectivity index (χ1) is 6.81. The molecule has 0 aliphatic carbocycles. The van der Waals surface area contributed by atoms with Crippen molar-refractivity contribution in [2.45, 2.75) is 11.1 Å². The molecule has 0 aliphatic rings. The van der Waals surface area contributed by atoms with E-state index in [0.717, 1.165) is 0 Å². The van der Waals surface area contributed by atoms with Gasteiger partial charge in [-0.3, -0.25) is 13.7 Å². The van der Waals surface area contributed by atoms with Crippen LogP contribution in [0.15, 0.2) is 12.7 Å². The second-order valence-corrected chi connectivity index (χ2v) is 9.51. The minimum absolute atomic E-state index is 0.622. The molecule has 0 saturated carbocycles. The predicted molar refractivity (Wildman–Crippen MR) is 53.7 cm³/mol. The molecule has 12 heteroatoms. The topological polar surface area (TPSA) is 173 Å². The van der Waals surface area contributed by atoms with Gasteiger partial charge in [-0.05, 0) is 0 Å². The van der Waals surface area contributed by atoms with Crippen LogP contribution in [0.4, 0.5) is 0 Å². The summed E-state index contributed by atoms with van der Waals surface area (Å²) in [5.74, 6) is 0. The molecule has 0 aliphatic heterocycles. The van der Waals surface area contributed by atoms with Crippen LogP contribution in [0.5, 0.6) is 0 Å². The highest BCUT2D eigenvalue weighted by molar-refractivity contribution is 7.88. The standard InChI is InChI=1S/C4H11O9P3/c1-2-3-4(14(5,6)7,15(8,9)10)16(11,12)13/h2H,1,3H2,(H2,5,6,7)(H2,8,9,10)(H2,11,12,13). The molecule has 0 aromatic heterocycles. The van der Waals surface area contributed by atoms with E-state index in [9.17, 15) is 13.7 Å². The third kappa shape index (κ3) is 2.54. The molecule has 0 atom stereocenters. The number of hydrogen-bond donors (Lipinski definition) is 6. The van der Waals surface area contributed by atoms with Crippen molar-refractivity contribution in [3.8, 4) is 0 Å². The highest BCUT2D eigenvalue weighted by Gasteiger charge is 2.70. The van der Waals surface area contributed by atoms with Crippen molar-refractivity contribution in [2.75, 3.05) is 0 Å². The van der Waals surface area contributed by atoms with Crippen LogP contribution >= 0.6 is 22.8 Å². The summed E-state index contributed by atoms with van der Waals surface area (Å²) in [7, 11) is -17.3. The zero-order valence-electron chi connectivity index (χ0n) is 7.74. The Morgan fingerprint density at radius 2 is 1.12 bits per heavy atom. The van der Waals surface area contributed by atoms with E-state index in [1.165, 1.54) is 0 Å². The Balaban J connectivity index is 6.27. The monoisotopic (exact) mass is 296 g/mol. The van der Waals surface area contributed by atoms with E-state index >= 15 is 0 Å². The molecule has 0 amide bonds. The van der Waals surface area contributed by atoms with Gasteiger partial charge < -0.3 is 29.4 Å². The molecule has 0 saturated heterocycles. The lowest BCUT2D eigenvalue weighted by atomic mass is 10.5. The normalized spacial score (nSPS) is 14.9. The van der Waals surface area contributed by atoms with Crippen molar-refractivity contribution in [2.24, 2.45) is 0 Å². The van der Waals surface area contributed by atoms with E-state index in [4.69, 9.17) is 29.4 Å². The van der Waals surface area contributed by atoms with Gasteiger partial charge in [0.1, 0.15) is 0 Å². The molecule has 96 valence electrons. The van der Waals surface area contributed by atoms with E-state index in [0.29, 0.717) is 6.08 Å². The fourth-order valence-electron chi connectivity index (χ4n) is 1.06. The van der Waals surface area contributed by atoms with Gasteiger partial charge in [0.15, 0.2) is 0 Å². The first-order valence-electron chi connectivity index (χ1n) is 3.59. The Kier molecular flexibility index (Phi) is 4.51. The maximum absolute atomic E-state index is 11.0. The van der Waals surface area contributed by atoms with Crippen LogP contribution in [0.2, 0.25) is 0 Å². The summed E-state index contributed by atoms with van der Waals surface area (Å²) in [6.45, 7) is 2.96. The van der Waals surface area contributed by atoms with Gasteiger partial charge in [0.05, 0.1) is 0 Å². The van der Waals surface area contributed by atoms with Crippen LogP contribution in [0, 0.1) is 0 Å². The predicted octanol–water partition coefficient (Wildman–Crippen LogP) is -0.251. The van der Waals surface area contributed by atoms with Gasteiger partial charge in [0.25, 0.3) is 4.64 Å². The van der Waals surface area contributed by atoms with Crippen molar-refractivity contribution in [1.29, 1.82) is 0 Å². The molecule has 6 N–H and O–H groups in total. The smallest absolute Gasteiger partial charge is 0.323 e. The Morgan fingerprint density at radius 3 is 1.19 bits per heavy atom. The Bertz CT molecular complexity index is 353. The molecule has 16 heavy (non-hydrogen) atoms. The maximum Gasteiger partial charge on any atom is 0.356 e. The zero-order chi connectivity index (χ0) is 13.4. The molecule has 0 radical (unpaired) electrons. The second kappa shape index (κ2) is 4.46. The molecule has 0 bridgehead atoms. The van der Waals surface area contributed by atoms with Gasteiger partial charge in [0.2, 0.25) is 0 Å². The van der Waals surface area contributed by atoms with Crippen molar-refractivity contribution in [3.05, 3.63) is 12.7 Å². The van der Waals surface area contributed by atoms with E-state index in [1.54, 1.807) is 0 Å². The van der Waals surface area contributed by atoms with Crippen molar-refractivity contribution < 1.29 is 43.1 Å².